The molecule has 0 unspecified atom stereocenters. The van der Waals surface area contributed by atoms with E-state index in [0.717, 1.165) is 25.7 Å². The Hall–Kier alpha value is -2.04. The molecule has 1 amide bonds. The van der Waals surface area contributed by atoms with Gasteiger partial charge >= 0.3 is 12.1 Å². The van der Waals surface area contributed by atoms with Crippen LogP contribution in [0.4, 0.5) is 4.79 Å². The topological polar surface area (TPSA) is 64.6 Å². The fraction of sp³-hybridized carbons (Fsp3) is 0.579. The fourth-order valence-electron chi connectivity index (χ4n) is 4.15. The summed E-state index contributed by atoms with van der Waals surface area (Å²) in [7, 11) is 1.38. The zero-order chi connectivity index (χ0) is 17.6. The molecule has 3 fully saturated rings. The van der Waals surface area contributed by atoms with Gasteiger partial charge in [-0.3, -0.25) is 0 Å². The molecule has 130 valence electrons. The Kier molecular flexibility index (Phi) is 3.85. The van der Waals surface area contributed by atoms with Gasteiger partial charge in [-0.1, -0.05) is 12.1 Å². The number of alkyl carbamates (subject to hydrolysis) is 1. The molecule has 24 heavy (non-hydrogen) atoms. The van der Waals surface area contributed by atoms with Gasteiger partial charge in [0.05, 0.1) is 12.7 Å². The number of hydrogen-bond acceptors (Lipinski definition) is 4. The van der Waals surface area contributed by atoms with Crippen LogP contribution in [0.3, 0.4) is 0 Å². The second-order valence-corrected chi connectivity index (χ2v) is 8.30. The maximum absolute atomic E-state index is 11.9. The van der Waals surface area contributed by atoms with E-state index >= 15 is 0 Å². The van der Waals surface area contributed by atoms with Gasteiger partial charge in [-0.15, -0.1) is 0 Å². The van der Waals surface area contributed by atoms with Crippen LogP contribution in [0.15, 0.2) is 24.3 Å². The van der Waals surface area contributed by atoms with Crippen LogP contribution < -0.4 is 5.32 Å². The molecule has 5 nitrogen and oxygen atoms in total. The van der Waals surface area contributed by atoms with Crippen molar-refractivity contribution in [3.05, 3.63) is 35.4 Å². The smallest absolute Gasteiger partial charge is 0.408 e. The summed E-state index contributed by atoms with van der Waals surface area (Å²) in [5.74, 6) is -0.312. The number of methoxy groups -OCH3 is 1. The number of hydrogen-bond donors (Lipinski definition) is 1. The Morgan fingerprint density at radius 1 is 1.12 bits per heavy atom. The lowest BCUT2D eigenvalue weighted by atomic mass is 9.38. The highest BCUT2D eigenvalue weighted by atomic mass is 16.6. The van der Waals surface area contributed by atoms with E-state index in [-0.39, 0.29) is 17.6 Å². The van der Waals surface area contributed by atoms with Gasteiger partial charge in [0, 0.05) is 5.54 Å². The molecule has 4 rings (SSSR count). The maximum Gasteiger partial charge on any atom is 0.408 e. The summed E-state index contributed by atoms with van der Waals surface area (Å²) in [4.78, 5) is 23.4. The predicted molar refractivity (Wildman–Crippen MR) is 89.9 cm³/mol. The highest BCUT2D eigenvalue weighted by Crippen LogP contribution is 2.68. The average molecular weight is 331 g/mol. The van der Waals surface area contributed by atoms with Crippen LogP contribution in [0, 0.1) is 5.41 Å². The second-order valence-electron chi connectivity index (χ2n) is 8.30. The Bertz CT molecular complexity index is 637. The summed E-state index contributed by atoms with van der Waals surface area (Å²) in [5, 5.41) is 3.04. The van der Waals surface area contributed by atoms with Crippen LogP contribution in [-0.2, 0) is 15.9 Å². The van der Waals surface area contributed by atoms with Gasteiger partial charge in [0.2, 0.25) is 0 Å². The number of carbonyl (C=O) groups is 2. The van der Waals surface area contributed by atoms with E-state index in [4.69, 9.17) is 9.47 Å². The Morgan fingerprint density at radius 2 is 1.71 bits per heavy atom. The third-order valence-corrected chi connectivity index (χ3v) is 4.86. The highest BCUT2D eigenvalue weighted by Gasteiger charge is 2.68. The molecule has 0 spiro atoms. The standard InChI is InChI=1S/C19H25NO4/c1-17(2,3)24-16(22)20-19-10-18(11-19,12-19)9-13-5-7-14(8-6-13)15(21)23-4/h5-8H,9-12H2,1-4H3,(H,20,22). The zero-order valence-corrected chi connectivity index (χ0v) is 14.8. The average Bonchev–Trinajstić information content (AvgIpc) is 2.41. The van der Waals surface area contributed by atoms with Gasteiger partial charge < -0.3 is 14.8 Å². The van der Waals surface area contributed by atoms with E-state index in [0.29, 0.717) is 11.0 Å². The van der Waals surface area contributed by atoms with Crippen molar-refractivity contribution >= 4 is 12.1 Å². The molecule has 0 atom stereocenters. The number of rotatable bonds is 4. The number of ether oxygens (including phenoxy) is 2. The molecule has 0 saturated heterocycles. The molecule has 1 aromatic rings. The van der Waals surface area contributed by atoms with Crippen LogP contribution in [0.25, 0.3) is 0 Å². The van der Waals surface area contributed by atoms with Crippen molar-refractivity contribution < 1.29 is 19.1 Å². The lowest BCUT2D eigenvalue weighted by Crippen LogP contribution is -2.75. The summed E-state index contributed by atoms with van der Waals surface area (Å²) in [5.41, 5.74) is 1.55. The highest BCUT2D eigenvalue weighted by molar-refractivity contribution is 5.89. The van der Waals surface area contributed by atoms with Crippen molar-refractivity contribution in [3.8, 4) is 0 Å². The molecule has 1 aromatic carbocycles. The molecule has 3 saturated carbocycles. The molecule has 1 N–H and O–H groups in total. The molecule has 2 bridgehead atoms. The van der Waals surface area contributed by atoms with E-state index in [2.05, 4.69) is 5.32 Å². The number of amides is 1. The number of esters is 1. The number of nitrogens with one attached hydrogen (secondary N) is 1. The monoisotopic (exact) mass is 331 g/mol. The molecule has 3 aliphatic carbocycles. The van der Waals surface area contributed by atoms with Crippen LogP contribution >= 0.6 is 0 Å². The molecule has 0 aliphatic heterocycles. The van der Waals surface area contributed by atoms with Crippen molar-refractivity contribution in [2.24, 2.45) is 5.41 Å². The van der Waals surface area contributed by atoms with Crippen molar-refractivity contribution in [2.45, 2.75) is 57.6 Å². The number of carbonyl (C=O) groups excluding carboxylic acids is 2. The third-order valence-electron chi connectivity index (χ3n) is 4.86. The first-order chi connectivity index (χ1) is 11.1. The quantitative estimate of drug-likeness (QED) is 0.858. The first-order valence-corrected chi connectivity index (χ1v) is 8.33. The van der Waals surface area contributed by atoms with Crippen LogP contribution in [0.2, 0.25) is 0 Å². The van der Waals surface area contributed by atoms with Gasteiger partial charge in [-0.2, -0.15) is 0 Å². The summed E-state index contributed by atoms with van der Waals surface area (Å²) < 4.78 is 10.0. The van der Waals surface area contributed by atoms with Crippen LogP contribution in [0.1, 0.15) is 56.0 Å². The number of benzene rings is 1. The summed E-state index contributed by atoms with van der Waals surface area (Å²) in [6.07, 6.45) is 3.65. The predicted octanol–water partition coefficient (Wildman–Crippen LogP) is 3.46. The van der Waals surface area contributed by atoms with Crippen molar-refractivity contribution in [1.82, 2.24) is 5.32 Å². The lowest BCUT2D eigenvalue weighted by Gasteiger charge is -2.70. The second kappa shape index (κ2) is 5.50. The molecular formula is C19H25NO4. The van der Waals surface area contributed by atoms with Crippen molar-refractivity contribution in [3.63, 3.8) is 0 Å². The van der Waals surface area contributed by atoms with E-state index in [1.54, 1.807) is 12.1 Å². The van der Waals surface area contributed by atoms with Gasteiger partial charge in [-0.05, 0) is 69.6 Å². The molecule has 3 aliphatic rings. The van der Waals surface area contributed by atoms with E-state index in [1.165, 1.54) is 12.7 Å². The van der Waals surface area contributed by atoms with E-state index in [1.807, 2.05) is 32.9 Å². The summed E-state index contributed by atoms with van der Waals surface area (Å²) in [6, 6.07) is 7.59. The largest absolute Gasteiger partial charge is 0.465 e. The molecule has 5 heteroatoms. The van der Waals surface area contributed by atoms with Gasteiger partial charge in [0.15, 0.2) is 0 Å². The van der Waals surface area contributed by atoms with Crippen molar-refractivity contribution in [1.29, 1.82) is 0 Å². The summed E-state index contributed by atoms with van der Waals surface area (Å²) >= 11 is 0. The Balaban J connectivity index is 1.51. The lowest BCUT2D eigenvalue weighted by molar-refractivity contribution is -0.150. The zero-order valence-electron chi connectivity index (χ0n) is 14.8. The van der Waals surface area contributed by atoms with E-state index < -0.39 is 5.60 Å². The first kappa shape index (κ1) is 16.8. The van der Waals surface area contributed by atoms with Gasteiger partial charge in [0.25, 0.3) is 0 Å². The fourth-order valence-corrected chi connectivity index (χ4v) is 4.15. The first-order valence-electron chi connectivity index (χ1n) is 8.33. The van der Waals surface area contributed by atoms with Gasteiger partial charge in [0.1, 0.15) is 5.60 Å². The van der Waals surface area contributed by atoms with Crippen LogP contribution in [-0.4, -0.2) is 30.3 Å². The normalized spacial score (nSPS) is 27.5. The van der Waals surface area contributed by atoms with Gasteiger partial charge in [-0.25, -0.2) is 9.59 Å². The minimum Gasteiger partial charge on any atom is -0.465 e. The van der Waals surface area contributed by atoms with E-state index in [9.17, 15) is 9.59 Å². The molecule has 0 aromatic heterocycles. The minimum atomic E-state index is -0.466. The SMILES string of the molecule is COC(=O)c1ccc(CC23CC(NC(=O)OC(C)(C)C)(C2)C3)cc1. The molecular weight excluding hydrogens is 306 g/mol. The molecule has 0 heterocycles. The maximum atomic E-state index is 11.9. The molecule has 0 radical (unpaired) electrons. The van der Waals surface area contributed by atoms with Crippen molar-refractivity contribution in [2.75, 3.05) is 7.11 Å². The Morgan fingerprint density at radius 3 is 2.21 bits per heavy atom. The third kappa shape index (κ3) is 3.25. The summed E-state index contributed by atoms with van der Waals surface area (Å²) in [6.45, 7) is 5.61. The Labute approximate surface area is 142 Å². The van der Waals surface area contributed by atoms with Crippen LogP contribution in [0.5, 0.6) is 0 Å². The minimum absolute atomic E-state index is 0.0612.